The molecule has 2 aromatic heterocycles. The van der Waals surface area contributed by atoms with Crippen molar-refractivity contribution >= 4 is 35.0 Å². The average Bonchev–Trinajstić information content (AvgIpc) is 3.79. The van der Waals surface area contributed by atoms with E-state index >= 15 is 0 Å². The molecule has 7 heterocycles. The zero-order valence-corrected chi connectivity index (χ0v) is 32.5. The number of rotatable bonds is 7. The molecule has 5 aliphatic heterocycles. The van der Waals surface area contributed by atoms with Crippen LogP contribution in [0.5, 0.6) is 5.75 Å². The summed E-state index contributed by atoms with van der Waals surface area (Å²) >= 11 is 0. The van der Waals surface area contributed by atoms with Crippen molar-refractivity contribution in [3.63, 3.8) is 0 Å². The number of nitrogens with zero attached hydrogens (tertiary/aromatic N) is 8. The second-order valence-corrected chi connectivity index (χ2v) is 17.1. The number of likely N-dealkylation sites (tertiary alicyclic amines) is 1. The number of hydrogen-bond acceptors (Lipinski definition) is 12. The fourth-order valence-electron chi connectivity index (χ4n) is 11.1. The third-order valence-corrected chi connectivity index (χ3v) is 14.0. The molecule has 3 atom stereocenters. The van der Waals surface area contributed by atoms with Gasteiger partial charge in [0.05, 0.1) is 11.4 Å². The molecular formula is C44H52N10O3. The van der Waals surface area contributed by atoms with Gasteiger partial charge < -0.3 is 30.4 Å². The minimum Gasteiger partial charge on any atom is -0.507 e. The number of nitrogens with one attached hydrogen (secondary N) is 1. The lowest BCUT2D eigenvalue weighted by atomic mass is 9.78. The molecule has 0 unspecified atom stereocenters. The zero-order valence-electron chi connectivity index (χ0n) is 32.5. The highest BCUT2D eigenvalue weighted by Crippen LogP contribution is 2.43. The Bertz CT molecular complexity index is 2150. The van der Waals surface area contributed by atoms with Gasteiger partial charge in [-0.2, -0.15) is 0 Å². The lowest BCUT2D eigenvalue weighted by Crippen LogP contribution is -2.54. The maximum absolute atomic E-state index is 12.7. The number of anilines is 4. The van der Waals surface area contributed by atoms with Crippen LogP contribution in [0.25, 0.3) is 11.3 Å². The number of hydrogen-bond donors (Lipinski definition) is 3. The number of carbonyl (C=O) groups is 2. The molecule has 4 N–H and O–H groups in total. The van der Waals surface area contributed by atoms with Crippen LogP contribution in [-0.4, -0.2) is 98.9 Å². The first-order valence-electron chi connectivity index (χ1n) is 21.1. The van der Waals surface area contributed by atoms with Gasteiger partial charge >= 0.3 is 0 Å². The number of nitrogen functional groups attached to an aromatic ring is 1. The van der Waals surface area contributed by atoms with E-state index in [1.165, 1.54) is 48.2 Å². The molecule has 57 heavy (non-hydrogen) atoms. The summed E-state index contributed by atoms with van der Waals surface area (Å²) in [4.78, 5) is 44.3. The van der Waals surface area contributed by atoms with Gasteiger partial charge in [-0.15, -0.1) is 10.2 Å². The van der Waals surface area contributed by atoms with Gasteiger partial charge in [0.1, 0.15) is 11.8 Å². The first kappa shape index (κ1) is 36.1. The van der Waals surface area contributed by atoms with Crippen LogP contribution in [0.15, 0.2) is 60.8 Å². The molecule has 2 amide bonds. The van der Waals surface area contributed by atoms with Crippen molar-refractivity contribution in [2.24, 2.45) is 0 Å². The Kier molecular flexibility index (Phi) is 9.42. The molecule has 1 aliphatic carbocycles. The van der Waals surface area contributed by atoms with E-state index in [0.717, 1.165) is 76.5 Å². The number of aromatic hydroxyl groups is 1. The molecule has 296 valence electrons. The maximum Gasteiger partial charge on any atom is 0.249 e. The Balaban J connectivity index is 0.749. The van der Waals surface area contributed by atoms with Gasteiger partial charge in [-0.1, -0.05) is 24.3 Å². The Morgan fingerprint density at radius 3 is 2.30 bits per heavy atom. The first-order valence-corrected chi connectivity index (χ1v) is 21.1. The summed E-state index contributed by atoms with van der Waals surface area (Å²) in [5.41, 5.74) is 13.8. The van der Waals surface area contributed by atoms with Crippen LogP contribution in [0.2, 0.25) is 0 Å². The fourth-order valence-corrected chi connectivity index (χ4v) is 11.1. The van der Waals surface area contributed by atoms with Gasteiger partial charge in [-0.3, -0.25) is 14.9 Å². The number of para-hydroxylation sites is 1. The highest BCUT2D eigenvalue weighted by Gasteiger charge is 2.43. The Hall–Kier alpha value is -5.30. The van der Waals surface area contributed by atoms with Crippen LogP contribution < -0.4 is 25.8 Å². The monoisotopic (exact) mass is 768 g/mol. The van der Waals surface area contributed by atoms with Gasteiger partial charge in [0.2, 0.25) is 17.8 Å². The molecule has 0 spiro atoms. The fraction of sp³-hybridized carbons (Fsp3) is 0.500. The third-order valence-electron chi connectivity index (χ3n) is 14.0. The number of benzene rings is 2. The average molecular weight is 769 g/mol. The van der Waals surface area contributed by atoms with Gasteiger partial charge in [-0.05, 0) is 125 Å². The van der Waals surface area contributed by atoms with Gasteiger partial charge in [0.15, 0.2) is 5.82 Å². The van der Waals surface area contributed by atoms with Crippen LogP contribution >= 0.6 is 0 Å². The summed E-state index contributed by atoms with van der Waals surface area (Å²) in [7, 11) is 0. The van der Waals surface area contributed by atoms with Crippen molar-refractivity contribution in [3.8, 4) is 17.0 Å². The molecule has 5 fully saturated rings. The summed E-state index contributed by atoms with van der Waals surface area (Å²) in [6.45, 7) is 4.66. The number of fused-ring (bicyclic) bond motifs is 3. The molecule has 1 saturated carbocycles. The van der Waals surface area contributed by atoms with E-state index in [9.17, 15) is 14.7 Å². The maximum atomic E-state index is 12.7. The van der Waals surface area contributed by atoms with Crippen molar-refractivity contribution in [2.75, 3.05) is 53.2 Å². The summed E-state index contributed by atoms with van der Waals surface area (Å²) in [5.74, 6) is 2.12. The molecular weight excluding hydrogens is 717 g/mol. The molecule has 13 heteroatoms. The van der Waals surface area contributed by atoms with Gasteiger partial charge in [0.25, 0.3) is 0 Å². The van der Waals surface area contributed by atoms with E-state index < -0.39 is 0 Å². The molecule has 0 radical (unpaired) electrons. The second kappa shape index (κ2) is 14.9. The quantitative estimate of drug-likeness (QED) is 0.213. The second-order valence-electron chi connectivity index (χ2n) is 17.1. The van der Waals surface area contributed by atoms with Crippen molar-refractivity contribution < 1.29 is 14.7 Å². The van der Waals surface area contributed by atoms with Gasteiger partial charge in [-0.25, -0.2) is 9.97 Å². The number of piperazine rings is 1. The van der Waals surface area contributed by atoms with E-state index in [4.69, 9.17) is 15.7 Å². The number of phenolic OH excluding ortho intramolecular Hbond substituents is 1. The Morgan fingerprint density at radius 1 is 0.754 bits per heavy atom. The standard InChI is InChI=1S/C44H52N10O3/c45-42-39(24-36(49-50-42)34-4-1-2-7-40(34)55)52-25-30-12-13-31(26-52)54(30)44-46-20-16-35(47-44)28-17-21-51(22-18-28)29-10-8-27(9-11-29)32-5-3-6-37-33(32)19-23-53(37)38-14-15-41(56)48-43(38)57/h1-7,16,20,24,27-31,38,55H,8-15,17-19,21-23,25-26H2,(H2,45,50)(H,48,56,57)/t27-,29-,30-,31+,38-/m0/s1. The van der Waals surface area contributed by atoms with E-state index in [1.807, 2.05) is 24.4 Å². The molecule has 2 aromatic carbocycles. The zero-order chi connectivity index (χ0) is 38.6. The number of nitrogens with two attached hydrogens (primary N) is 1. The smallest absolute Gasteiger partial charge is 0.249 e. The lowest BCUT2D eigenvalue weighted by Gasteiger charge is -2.42. The van der Waals surface area contributed by atoms with Crippen molar-refractivity contribution in [2.45, 2.75) is 107 Å². The summed E-state index contributed by atoms with van der Waals surface area (Å²) in [6.07, 6.45) is 13.2. The topological polar surface area (TPSA) is 157 Å². The van der Waals surface area contributed by atoms with Crippen LogP contribution in [-0.2, 0) is 16.0 Å². The van der Waals surface area contributed by atoms with E-state index in [2.05, 4.69) is 59.4 Å². The summed E-state index contributed by atoms with van der Waals surface area (Å²) < 4.78 is 0. The minimum absolute atomic E-state index is 0.150. The number of phenols is 1. The predicted molar refractivity (Wildman–Crippen MR) is 219 cm³/mol. The Morgan fingerprint density at radius 2 is 1.53 bits per heavy atom. The van der Waals surface area contributed by atoms with Crippen LogP contribution in [0.4, 0.5) is 23.1 Å². The third kappa shape index (κ3) is 6.73. The molecule has 13 nitrogen and oxygen atoms in total. The Labute approximate surface area is 333 Å². The predicted octanol–water partition coefficient (Wildman–Crippen LogP) is 5.15. The molecule has 10 rings (SSSR count). The highest BCUT2D eigenvalue weighted by molar-refractivity contribution is 6.02. The van der Waals surface area contributed by atoms with Crippen molar-refractivity contribution in [1.29, 1.82) is 0 Å². The molecule has 6 aliphatic rings. The highest BCUT2D eigenvalue weighted by atomic mass is 16.3. The largest absolute Gasteiger partial charge is 0.507 e. The van der Waals surface area contributed by atoms with Crippen LogP contribution in [0.1, 0.15) is 92.9 Å². The summed E-state index contributed by atoms with van der Waals surface area (Å²) in [6, 6.07) is 18.9. The number of amides is 2. The lowest BCUT2D eigenvalue weighted by molar-refractivity contribution is -0.134. The SMILES string of the molecule is Nc1nnc(-c2ccccc2O)cc1N1C[C@H]2CC[C@@H](C1)N2c1nccc(C2CCN([C@H]3CC[C@H](c4cccc5c4CCN5[C@H]4CCC(=O)NC4=O)CC3)CC2)n1. The number of imide groups is 1. The summed E-state index contributed by atoms with van der Waals surface area (Å²) in [5, 5.41) is 21.6. The molecule has 2 bridgehead atoms. The van der Waals surface area contributed by atoms with Crippen LogP contribution in [0.3, 0.4) is 0 Å². The first-order chi connectivity index (χ1) is 27.9. The van der Waals surface area contributed by atoms with Crippen LogP contribution in [0, 0.1) is 0 Å². The van der Waals surface area contributed by atoms with E-state index in [1.54, 1.807) is 12.1 Å². The van der Waals surface area contributed by atoms with Gasteiger partial charge in [0, 0.05) is 73.2 Å². The number of carbonyl (C=O) groups excluding carboxylic acids is 2. The van der Waals surface area contributed by atoms with E-state index in [0.29, 0.717) is 47.8 Å². The normalized spacial score (nSPS) is 26.8. The van der Waals surface area contributed by atoms with E-state index in [-0.39, 0.29) is 35.7 Å². The minimum atomic E-state index is -0.248. The molecule has 4 aromatic rings. The van der Waals surface area contributed by atoms with Crippen molar-refractivity contribution in [1.82, 2.24) is 30.4 Å². The number of piperidine rings is 2. The molecule has 4 saturated heterocycles. The number of aromatic nitrogens is 4. The van der Waals surface area contributed by atoms with Crippen molar-refractivity contribution in [3.05, 3.63) is 77.6 Å².